The molecule has 1 aliphatic heterocycles. The third-order valence-corrected chi connectivity index (χ3v) is 8.08. The molecule has 2 aliphatic carbocycles. The van der Waals surface area contributed by atoms with Crippen molar-refractivity contribution in [2.45, 2.75) is 84.7 Å². The second-order valence-electron chi connectivity index (χ2n) is 11.1. The highest BCUT2D eigenvalue weighted by atomic mass is 16.5. The molecule has 1 saturated heterocycles. The molecule has 2 heterocycles. The van der Waals surface area contributed by atoms with E-state index in [0.29, 0.717) is 35.9 Å². The Morgan fingerprint density at radius 3 is 2.85 bits per heavy atom. The standard InChI is InChI=1S/C26H45N5O2/c1-4-13-33-25-23(18-29-31(25)12-11-28-17-21-5-9-27-10-6-21)24(32)30-20(3)22-14-19(2)15-26(16-22)7-8-26/h18-22,27-28H,4-17H2,1-3H3,(H,30,32)/t19?,20-,22?/m0/s1. The van der Waals surface area contributed by atoms with Crippen LogP contribution in [0.25, 0.3) is 0 Å². The van der Waals surface area contributed by atoms with Crippen molar-refractivity contribution in [2.24, 2.45) is 23.2 Å². The van der Waals surface area contributed by atoms with Crippen molar-refractivity contribution in [1.29, 1.82) is 0 Å². The molecule has 3 aliphatic rings. The fraction of sp³-hybridized carbons (Fsp3) is 0.846. The first-order chi connectivity index (χ1) is 16.0. The molecule has 7 heteroatoms. The molecule has 0 aromatic carbocycles. The van der Waals surface area contributed by atoms with Crippen LogP contribution >= 0.6 is 0 Å². The van der Waals surface area contributed by atoms with E-state index in [2.05, 4.69) is 41.8 Å². The fourth-order valence-electron chi connectivity index (χ4n) is 6.05. The largest absolute Gasteiger partial charge is 0.477 e. The number of piperidine rings is 1. The second-order valence-corrected chi connectivity index (χ2v) is 11.1. The number of rotatable bonds is 11. The van der Waals surface area contributed by atoms with E-state index in [4.69, 9.17) is 4.74 Å². The molecular formula is C26H45N5O2. The average molecular weight is 460 g/mol. The van der Waals surface area contributed by atoms with Crippen molar-refractivity contribution >= 4 is 5.91 Å². The lowest BCUT2D eigenvalue weighted by Crippen LogP contribution is -2.41. The minimum Gasteiger partial charge on any atom is -0.477 e. The molecule has 186 valence electrons. The lowest BCUT2D eigenvalue weighted by atomic mass is 9.71. The first kappa shape index (κ1) is 24.5. The van der Waals surface area contributed by atoms with Crippen molar-refractivity contribution in [3.05, 3.63) is 11.8 Å². The summed E-state index contributed by atoms with van der Waals surface area (Å²) in [6.45, 7) is 12.0. The topological polar surface area (TPSA) is 80.2 Å². The van der Waals surface area contributed by atoms with Crippen LogP contribution in [-0.2, 0) is 6.54 Å². The summed E-state index contributed by atoms with van der Waals surface area (Å²) < 4.78 is 7.87. The van der Waals surface area contributed by atoms with E-state index >= 15 is 0 Å². The van der Waals surface area contributed by atoms with Crippen LogP contribution in [0.15, 0.2) is 6.20 Å². The van der Waals surface area contributed by atoms with E-state index in [1.54, 1.807) is 6.20 Å². The molecule has 3 N–H and O–H groups in total. The van der Waals surface area contributed by atoms with Crippen LogP contribution in [0.5, 0.6) is 5.88 Å². The maximum Gasteiger partial charge on any atom is 0.258 e. The second kappa shape index (κ2) is 11.2. The molecular weight excluding hydrogens is 414 g/mol. The van der Waals surface area contributed by atoms with Gasteiger partial charge in [-0.05, 0) is 101 Å². The molecule has 7 nitrogen and oxygen atoms in total. The van der Waals surface area contributed by atoms with Crippen LogP contribution in [0.4, 0.5) is 0 Å². The van der Waals surface area contributed by atoms with Crippen LogP contribution in [0.2, 0.25) is 0 Å². The number of nitrogens with one attached hydrogen (secondary N) is 3. The van der Waals surface area contributed by atoms with Crippen molar-refractivity contribution in [3.63, 3.8) is 0 Å². The summed E-state index contributed by atoms with van der Waals surface area (Å²) in [5.74, 6) is 2.63. The number of ether oxygens (including phenoxy) is 1. The van der Waals surface area contributed by atoms with Crippen LogP contribution in [0.3, 0.4) is 0 Å². The van der Waals surface area contributed by atoms with Crippen molar-refractivity contribution in [1.82, 2.24) is 25.7 Å². The van der Waals surface area contributed by atoms with Crippen molar-refractivity contribution in [3.8, 4) is 5.88 Å². The van der Waals surface area contributed by atoms with E-state index in [0.717, 1.165) is 44.4 Å². The smallest absolute Gasteiger partial charge is 0.258 e. The third kappa shape index (κ3) is 6.50. The van der Waals surface area contributed by atoms with Gasteiger partial charge in [0.05, 0.1) is 19.3 Å². The summed E-state index contributed by atoms with van der Waals surface area (Å²) in [4.78, 5) is 13.2. The van der Waals surface area contributed by atoms with E-state index in [9.17, 15) is 4.79 Å². The fourth-order valence-corrected chi connectivity index (χ4v) is 6.05. The SMILES string of the molecule is CCCOc1c(C(=O)N[C@@H](C)C2CC(C)CC3(CC3)C2)cnn1CCNCC1CCNCC1. The van der Waals surface area contributed by atoms with Crippen LogP contribution in [0.1, 0.15) is 82.5 Å². The Morgan fingerprint density at radius 1 is 1.33 bits per heavy atom. The summed E-state index contributed by atoms with van der Waals surface area (Å²) in [6, 6.07) is 0.173. The highest BCUT2D eigenvalue weighted by Crippen LogP contribution is 2.59. The van der Waals surface area contributed by atoms with Gasteiger partial charge in [-0.15, -0.1) is 0 Å². The predicted molar refractivity (Wildman–Crippen MR) is 132 cm³/mol. The maximum absolute atomic E-state index is 13.2. The Bertz CT molecular complexity index is 769. The summed E-state index contributed by atoms with van der Waals surface area (Å²) in [6.07, 6.45) is 11.7. The van der Waals surface area contributed by atoms with Gasteiger partial charge in [-0.2, -0.15) is 5.10 Å². The van der Waals surface area contributed by atoms with Gasteiger partial charge in [0.1, 0.15) is 5.56 Å². The van der Waals surface area contributed by atoms with Gasteiger partial charge in [0, 0.05) is 12.6 Å². The number of carbonyl (C=O) groups excluding carboxylic acids is 1. The maximum atomic E-state index is 13.2. The Kier molecular flexibility index (Phi) is 8.34. The summed E-state index contributed by atoms with van der Waals surface area (Å²) in [7, 11) is 0. The predicted octanol–water partition coefficient (Wildman–Crippen LogP) is 3.60. The molecule has 0 bridgehead atoms. The van der Waals surface area contributed by atoms with E-state index in [-0.39, 0.29) is 11.9 Å². The molecule has 1 aromatic rings. The van der Waals surface area contributed by atoms with Gasteiger partial charge in [0.2, 0.25) is 5.88 Å². The third-order valence-electron chi connectivity index (χ3n) is 8.08. The zero-order chi connectivity index (χ0) is 23.3. The van der Waals surface area contributed by atoms with Gasteiger partial charge in [0.25, 0.3) is 5.91 Å². The molecule has 1 amide bonds. The first-order valence-corrected chi connectivity index (χ1v) is 13.4. The Hall–Kier alpha value is -1.60. The molecule has 1 aromatic heterocycles. The van der Waals surface area contributed by atoms with Crippen LogP contribution in [-0.4, -0.2) is 54.5 Å². The normalized spacial score (nSPS) is 25.7. The average Bonchev–Trinajstić information content (AvgIpc) is 3.41. The first-order valence-electron chi connectivity index (χ1n) is 13.4. The number of carbonyl (C=O) groups is 1. The monoisotopic (exact) mass is 459 g/mol. The molecule has 1 spiro atoms. The minimum atomic E-state index is -0.0504. The number of nitrogens with zero attached hydrogens (tertiary/aromatic N) is 2. The highest BCUT2D eigenvalue weighted by molar-refractivity contribution is 5.96. The van der Waals surface area contributed by atoms with Gasteiger partial charge in [-0.3, -0.25) is 4.79 Å². The van der Waals surface area contributed by atoms with Crippen molar-refractivity contribution < 1.29 is 9.53 Å². The zero-order valence-corrected chi connectivity index (χ0v) is 21.0. The minimum absolute atomic E-state index is 0.0504. The Labute approximate surface area is 199 Å². The summed E-state index contributed by atoms with van der Waals surface area (Å²) in [5.41, 5.74) is 1.15. The zero-order valence-electron chi connectivity index (χ0n) is 21.0. The van der Waals surface area contributed by atoms with E-state index in [1.165, 1.54) is 44.9 Å². The molecule has 4 rings (SSSR count). The van der Waals surface area contributed by atoms with E-state index in [1.807, 2.05) is 4.68 Å². The number of hydrogen-bond donors (Lipinski definition) is 3. The molecule has 3 atom stereocenters. The molecule has 2 saturated carbocycles. The number of hydrogen-bond acceptors (Lipinski definition) is 5. The molecule has 0 radical (unpaired) electrons. The lowest BCUT2D eigenvalue weighted by molar-refractivity contribution is 0.0886. The van der Waals surface area contributed by atoms with Gasteiger partial charge in [-0.25, -0.2) is 4.68 Å². The van der Waals surface area contributed by atoms with Crippen molar-refractivity contribution in [2.75, 3.05) is 32.8 Å². The molecule has 2 unspecified atom stereocenters. The van der Waals surface area contributed by atoms with Crippen LogP contribution < -0.4 is 20.7 Å². The lowest BCUT2D eigenvalue weighted by Gasteiger charge is -2.37. The van der Waals surface area contributed by atoms with Crippen LogP contribution in [0, 0.1) is 23.2 Å². The highest BCUT2D eigenvalue weighted by Gasteiger charge is 2.48. The summed E-state index contributed by atoms with van der Waals surface area (Å²) in [5, 5.41) is 14.8. The van der Waals surface area contributed by atoms with Gasteiger partial charge in [0.15, 0.2) is 0 Å². The Balaban J connectivity index is 1.32. The van der Waals surface area contributed by atoms with E-state index < -0.39 is 0 Å². The Morgan fingerprint density at radius 2 is 2.12 bits per heavy atom. The number of amides is 1. The van der Waals surface area contributed by atoms with Gasteiger partial charge >= 0.3 is 0 Å². The van der Waals surface area contributed by atoms with Gasteiger partial charge in [-0.1, -0.05) is 13.8 Å². The molecule has 3 fully saturated rings. The summed E-state index contributed by atoms with van der Waals surface area (Å²) >= 11 is 0. The number of aromatic nitrogens is 2. The quantitative estimate of drug-likeness (QED) is 0.441. The van der Waals surface area contributed by atoms with Gasteiger partial charge < -0.3 is 20.7 Å². The molecule has 33 heavy (non-hydrogen) atoms.